The third kappa shape index (κ3) is 6.64. The Balaban J connectivity index is 1.90. The van der Waals surface area contributed by atoms with Crippen molar-refractivity contribution in [3.63, 3.8) is 0 Å². The van der Waals surface area contributed by atoms with Crippen molar-refractivity contribution in [1.29, 1.82) is 0 Å². The van der Waals surface area contributed by atoms with E-state index in [9.17, 15) is 18.7 Å². The molecule has 0 aromatic carbocycles. The van der Waals surface area contributed by atoms with Gasteiger partial charge in [-0.1, -0.05) is 31.9 Å². The van der Waals surface area contributed by atoms with Gasteiger partial charge in [0.1, 0.15) is 11.6 Å². The molecule has 1 fully saturated rings. The zero-order valence-corrected chi connectivity index (χ0v) is 22.2. The molecule has 0 bridgehead atoms. The molecule has 36 heavy (non-hydrogen) atoms. The van der Waals surface area contributed by atoms with E-state index in [1.165, 1.54) is 16.9 Å². The molecule has 200 valence electrons. The number of aliphatic hydroxyl groups excluding tert-OH is 1. The van der Waals surface area contributed by atoms with Crippen molar-refractivity contribution in [3.05, 3.63) is 23.0 Å². The maximum Gasteiger partial charge on any atom is 0.387 e. The second-order valence-electron chi connectivity index (χ2n) is 10.1. The predicted octanol–water partition coefficient (Wildman–Crippen LogP) is 5.35. The van der Waals surface area contributed by atoms with Gasteiger partial charge in [0.2, 0.25) is 0 Å². The Morgan fingerprint density at radius 1 is 1.36 bits per heavy atom. The summed E-state index contributed by atoms with van der Waals surface area (Å²) in [5, 5.41) is 20.7. The minimum Gasteiger partial charge on any atom is -0.434 e. The van der Waals surface area contributed by atoms with Crippen LogP contribution in [-0.4, -0.2) is 50.6 Å². The Morgan fingerprint density at radius 2 is 2.08 bits per heavy atom. The minimum atomic E-state index is -3.07. The molecule has 0 unspecified atom stereocenters. The van der Waals surface area contributed by atoms with Gasteiger partial charge in [-0.3, -0.25) is 9.48 Å². The highest BCUT2D eigenvalue weighted by molar-refractivity contribution is 6.36. The molecule has 1 aliphatic rings. The minimum absolute atomic E-state index is 0.0164. The molecule has 0 aliphatic heterocycles. The summed E-state index contributed by atoms with van der Waals surface area (Å²) in [6.07, 6.45) is 4.22. The summed E-state index contributed by atoms with van der Waals surface area (Å²) in [7, 11) is 0. The van der Waals surface area contributed by atoms with E-state index in [-0.39, 0.29) is 39.2 Å². The normalized spacial score (nSPS) is 20.4. The smallest absolute Gasteiger partial charge is 0.387 e. The van der Waals surface area contributed by atoms with Gasteiger partial charge in [-0.05, 0) is 46.0 Å². The molecule has 1 saturated carbocycles. The standard InChI is InChI=1S/C25H36ClF2N5O3/c1-6-25(4,5)31-19-11-18(36-24(27)28)16(13-29-19)22-20(26)21(32-33(22)7-2)23(35)30-12-15-9-8-14(3)10-17(15)34/h11,13-15,17,24,34H,6-10,12H2,1-5H3,(H,29,31)(H,30,35)/t14-,15+,17-/m0/s1. The van der Waals surface area contributed by atoms with E-state index < -0.39 is 18.6 Å². The first-order valence-electron chi connectivity index (χ1n) is 12.4. The van der Waals surface area contributed by atoms with Crippen molar-refractivity contribution in [1.82, 2.24) is 20.1 Å². The Bertz CT molecular complexity index is 1060. The number of ether oxygens (including phenoxy) is 1. The number of hydrogen-bond acceptors (Lipinski definition) is 6. The average Bonchev–Trinajstić information content (AvgIpc) is 3.14. The van der Waals surface area contributed by atoms with E-state index in [1.807, 2.05) is 20.8 Å². The largest absolute Gasteiger partial charge is 0.434 e. The van der Waals surface area contributed by atoms with Gasteiger partial charge in [-0.2, -0.15) is 13.9 Å². The number of nitrogens with one attached hydrogen (secondary N) is 2. The van der Waals surface area contributed by atoms with Gasteiger partial charge < -0.3 is 20.5 Å². The fourth-order valence-corrected chi connectivity index (χ4v) is 4.67. The predicted molar refractivity (Wildman–Crippen MR) is 136 cm³/mol. The zero-order chi connectivity index (χ0) is 26.6. The number of amides is 1. The molecule has 3 atom stereocenters. The van der Waals surface area contributed by atoms with Gasteiger partial charge in [0.25, 0.3) is 5.91 Å². The number of carbonyl (C=O) groups is 1. The van der Waals surface area contributed by atoms with Gasteiger partial charge in [-0.15, -0.1) is 0 Å². The van der Waals surface area contributed by atoms with Crippen molar-refractivity contribution in [2.45, 2.75) is 85.1 Å². The first kappa shape index (κ1) is 28.1. The Morgan fingerprint density at radius 3 is 2.69 bits per heavy atom. The summed E-state index contributed by atoms with van der Waals surface area (Å²) in [5.41, 5.74) is 0.129. The molecule has 8 nitrogen and oxygen atoms in total. The van der Waals surface area contributed by atoms with Crippen LogP contribution < -0.4 is 15.4 Å². The van der Waals surface area contributed by atoms with E-state index in [0.29, 0.717) is 31.2 Å². The number of carbonyl (C=O) groups excluding carboxylic acids is 1. The lowest BCUT2D eigenvalue weighted by Gasteiger charge is -2.31. The lowest BCUT2D eigenvalue weighted by molar-refractivity contribution is -0.0494. The molecular weight excluding hydrogens is 492 g/mol. The molecule has 1 amide bonds. The van der Waals surface area contributed by atoms with Crippen molar-refractivity contribution in [2.75, 3.05) is 11.9 Å². The van der Waals surface area contributed by atoms with Crippen LogP contribution in [0.5, 0.6) is 5.75 Å². The Hall–Kier alpha value is -2.46. The number of aryl methyl sites for hydroxylation is 1. The third-order valence-electron chi connectivity index (χ3n) is 6.84. The molecule has 1 aliphatic carbocycles. The number of pyridine rings is 1. The van der Waals surface area contributed by atoms with Crippen LogP contribution in [0.25, 0.3) is 11.3 Å². The Kier molecular flexibility index (Phi) is 9.16. The number of alkyl halides is 2. The van der Waals surface area contributed by atoms with Crippen LogP contribution in [0.1, 0.15) is 70.8 Å². The highest BCUT2D eigenvalue weighted by Gasteiger charge is 2.30. The highest BCUT2D eigenvalue weighted by atomic mass is 35.5. The molecule has 2 aromatic rings. The van der Waals surface area contributed by atoms with Crippen LogP contribution in [0.15, 0.2) is 12.3 Å². The molecule has 11 heteroatoms. The summed E-state index contributed by atoms with van der Waals surface area (Å²) in [6, 6.07) is 1.40. The van der Waals surface area contributed by atoms with Gasteiger partial charge in [0.05, 0.1) is 22.4 Å². The van der Waals surface area contributed by atoms with Crippen LogP contribution in [0, 0.1) is 11.8 Å². The van der Waals surface area contributed by atoms with Gasteiger partial charge >= 0.3 is 6.61 Å². The summed E-state index contributed by atoms with van der Waals surface area (Å²) in [4.78, 5) is 17.3. The molecular formula is C25H36ClF2N5O3. The fraction of sp³-hybridized carbons (Fsp3) is 0.640. The summed E-state index contributed by atoms with van der Waals surface area (Å²) in [6.45, 7) is 7.40. The van der Waals surface area contributed by atoms with Crippen molar-refractivity contribution >= 4 is 23.3 Å². The fourth-order valence-electron chi connectivity index (χ4n) is 4.34. The molecule has 0 spiro atoms. The number of anilines is 1. The number of rotatable bonds is 10. The molecule has 3 rings (SSSR count). The molecule has 0 saturated heterocycles. The number of nitrogens with zero attached hydrogens (tertiary/aromatic N) is 3. The molecule has 2 heterocycles. The zero-order valence-electron chi connectivity index (χ0n) is 21.4. The van der Waals surface area contributed by atoms with Crippen LogP contribution in [0.2, 0.25) is 5.02 Å². The van der Waals surface area contributed by atoms with Crippen molar-refractivity contribution < 1.29 is 23.4 Å². The van der Waals surface area contributed by atoms with E-state index in [2.05, 4.69) is 27.6 Å². The highest BCUT2D eigenvalue weighted by Crippen LogP contribution is 2.38. The van der Waals surface area contributed by atoms with Crippen LogP contribution in [-0.2, 0) is 6.54 Å². The molecule has 3 N–H and O–H groups in total. The van der Waals surface area contributed by atoms with Crippen LogP contribution in [0.4, 0.5) is 14.6 Å². The first-order valence-corrected chi connectivity index (χ1v) is 12.8. The van der Waals surface area contributed by atoms with Gasteiger partial charge in [-0.25, -0.2) is 4.98 Å². The van der Waals surface area contributed by atoms with Crippen molar-refractivity contribution in [3.8, 4) is 17.0 Å². The maximum absolute atomic E-state index is 13.3. The van der Waals surface area contributed by atoms with Crippen molar-refractivity contribution in [2.24, 2.45) is 11.8 Å². The topological polar surface area (TPSA) is 101 Å². The second-order valence-corrected chi connectivity index (χ2v) is 10.5. The molecule has 2 aromatic heterocycles. The van der Waals surface area contributed by atoms with Gasteiger partial charge in [0.15, 0.2) is 5.69 Å². The summed E-state index contributed by atoms with van der Waals surface area (Å²) >= 11 is 6.60. The van der Waals surface area contributed by atoms with Crippen LogP contribution in [0.3, 0.4) is 0 Å². The van der Waals surface area contributed by atoms with E-state index in [0.717, 1.165) is 19.3 Å². The number of halogens is 3. The van der Waals surface area contributed by atoms with E-state index in [4.69, 9.17) is 16.3 Å². The maximum atomic E-state index is 13.3. The number of aliphatic hydroxyl groups is 1. The summed E-state index contributed by atoms with van der Waals surface area (Å²) < 4.78 is 32.9. The quantitative estimate of drug-likeness (QED) is 0.385. The van der Waals surface area contributed by atoms with E-state index >= 15 is 0 Å². The third-order valence-corrected chi connectivity index (χ3v) is 7.20. The number of hydrogen-bond donors (Lipinski definition) is 3. The number of aromatic nitrogens is 3. The van der Waals surface area contributed by atoms with Gasteiger partial charge in [0, 0.05) is 36.8 Å². The van der Waals surface area contributed by atoms with Crippen LogP contribution >= 0.6 is 11.6 Å². The first-order chi connectivity index (χ1) is 17.0. The monoisotopic (exact) mass is 527 g/mol. The SMILES string of the molecule is CCn1nc(C(=O)NC[C@H]2CC[C@H](C)C[C@@H]2O)c(Cl)c1-c1cnc(NC(C)(C)CC)cc1OC(F)F. The summed E-state index contributed by atoms with van der Waals surface area (Å²) in [5.74, 6) is 0.165. The lowest BCUT2D eigenvalue weighted by Crippen LogP contribution is -2.38. The average molecular weight is 528 g/mol. The lowest BCUT2D eigenvalue weighted by atomic mass is 9.81. The van der Waals surface area contributed by atoms with E-state index in [1.54, 1.807) is 6.92 Å². The Labute approximate surface area is 215 Å². The second kappa shape index (κ2) is 11.7. The molecule has 0 radical (unpaired) electrons.